The van der Waals surface area contributed by atoms with Crippen LogP contribution in [0.15, 0.2) is 80.3 Å². The summed E-state index contributed by atoms with van der Waals surface area (Å²) in [6.07, 6.45) is 1.52. The van der Waals surface area contributed by atoms with E-state index < -0.39 is 11.9 Å². The molecule has 0 atom stereocenters. The third kappa shape index (κ3) is 4.97. The van der Waals surface area contributed by atoms with Gasteiger partial charge < -0.3 is 9.47 Å². The molecule has 1 aromatic heterocycles. The van der Waals surface area contributed by atoms with E-state index in [-0.39, 0.29) is 17.3 Å². The van der Waals surface area contributed by atoms with Crippen LogP contribution in [0.1, 0.15) is 26.4 Å². The Balaban J connectivity index is 1.49. The number of aryl methyl sites for hydroxylation is 1. The summed E-state index contributed by atoms with van der Waals surface area (Å²) in [6.45, 7) is 1.94. The van der Waals surface area contributed by atoms with E-state index in [1.807, 2.05) is 37.3 Å². The first-order valence-corrected chi connectivity index (χ1v) is 13.1. The van der Waals surface area contributed by atoms with Gasteiger partial charge in [0.25, 0.3) is 0 Å². The van der Waals surface area contributed by atoms with Gasteiger partial charge in [-0.3, -0.25) is 0 Å². The number of halogens is 3. The van der Waals surface area contributed by atoms with Crippen molar-refractivity contribution in [2.45, 2.75) is 6.92 Å². The number of hydrogen-bond donors (Lipinski definition) is 0. The van der Waals surface area contributed by atoms with Gasteiger partial charge in [0.1, 0.15) is 10.6 Å². The molecule has 2 heterocycles. The second-order valence-corrected chi connectivity index (χ2v) is 10.9. The van der Waals surface area contributed by atoms with E-state index in [4.69, 9.17) is 21.1 Å². The Hall–Kier alpha value is -2.78. The van der Waals surface area contributed by atoms with Crippen molar-refractivity contribution < 1.29 is 19.1 Å². The number of carbonyl (C=O) groups is 2. The fraction of sp³-hybridized carbons (Fsp3) is 0.0385. The van der Waals surface area contributed by atoms with Crippen LogP contribution in [-0.4, -0.2) is 17.8 Å². The summed E-state index contributed by atoms with van der Waals surface area (Å²) in [4.78, 5) is 30.3. The highest BCUT2D eigenvalue weighted by Gasteiger charge is 2.28. The number of ether oxygens (including phenoxy) is 2. The highest BCUT2D eigenvalue weighted by atomic mass is 79.9. The number of thiophene rings is 1. The monoisotopic (exact) mass is 629 g/mol. The molecule has 0 bridgehead atoms. The lowest BCUT2D eigenvalue weighted by Gasteiger charge is -2.08. The van der Waals surface area contributed by atoms with Crippen LogP contribution in [0, 0.1) is 6.92 Å². The molecule has 35 heavy (non-hydrogen) atoms. The molecule has 4 aromatic rings. The molecule has 0 spiro atoms. The van der Waals surface area contributed by atoms with Gasteiger partial charge in [0.15, 0.2) is 5.70 Å². The van der Waals surface area contributed by atoms with Crippen molar-refractivity contribution in [2.24, 2.45) is 4.99 Å². The lowest BCUT2D eigenvalue weighted by Crippen LogP contribution is -2.09. The standard InChI is InChI=1S/C26H14Br2ClNO4S/c1-13-2-4-14(5-3-13)25(31)33-20-9-7-16(27)10-15(20)11-19-26(32)34-24(30-19)23-22(29)18-8-6-17(28)12-21(18)35-23/h2-12H,1H3/b19-11+. The molecular formula is C26H14Br2ClNO4S. The van der Waals surface area contributed by atoms with E-state index >= 15 is 0 Å². The largest absolute Gasteiger partial charge is 0.422 e. The number of fused-ring (bicyclic) bond motifs is 1. The average molecular weight is 632 g/mol. The molecule has 0 saturated carbocycles. The van der Waals surface area contributed by atoms with Crippen LogP contribution in [0.25, 0.3) is 16.2 Å². The lowest BCUT2D eigenvalue weighted by atomic mass is 10.1. The zero-order chi connectivity index (χ0) is 24.7. The van der Waals surface area contributed by atoms with Gasteiger partial charge in [-0.2, -0.15) is 0 Å². The van der Waals surface area contributed by atoms with Gasteiger partial charge in [-0.05, 0) is 55.5 Å². The molecule has 3 aromatic carbocycles. The predicted molar refractivity (Wildman–Crippen MR) is 145 cm³/mol. The Bertz CT molecular complexity index is 1570. The molecule has 9 heteroatoms. The zero-order valence-electron chi connectivity index (χ0n) is 18.0. The normalized spacial score (nSPS) is 14.3. The SMILES string of the molecule is Cc1ccc(C(=O)Oc2ccc(Br)cc2/C=C2/N=C(c3sc4cc(Br)ccc4c3Cl)OC2=O)cc1. The molecule has 5 rings (SSSR count). The second-order valence-electron chi connectivity index (χ2n) is 7.66. The Labute approximate surface area is 226 Å². The molecular weight excluding hydrogens is 618 g/mol. The number of hydrogen-bond acceptors (Lipinski definition) is 6. The van der Waals surface area contributed by atoms with Crippen molar-refractivity contribution in [3.8, 4) is 5.75 Å². The minimum absolute atomic E-state index is 0.0699. The third-order valence-corrected chi connectivity index (χ3v) is 7.79. The van der Waals surface area contributed by atoms with Gasteiger partial charge in [-0.25, -0.2) is 14.6 Å². The van der Waals surface area contributed by atoms with E-state index in [2.05, 4.69) is 36.9 Å². The summed E-state index contributed by atoms with van der Waals surface area (Å²) >= 11 is 14.8. The van der Waals surface area contributed by atoms with Crippen molar-refractivity contribution in [3.05, 3.63) is 102 Å². The van der Waals surface area contributed by atoms with Gasteiger partial charge in [0.2, 0.25) is 5.90 Å². The van der Waals surface area contributed by atoms with Crippen LogP contribution in [-0.2, 0) is 9.53 Å². The topological polar surface area (TPSA) is 65.0 Å². The minimum Gasteiger partial charge on any atom is -0.422 e. The molecule has 0 N–H and O–H groups in total. The van der Waals surface area contributed by atoms with E-state index in [0.717, 1.165) is 24.6 Å². The van der Waals surface area contributed by atoms with Crippen LogP contribution in [0.3, 0.4) is 0 Å². The number of nitrogens with zero attached hydrogens (tertiary/aromatic N) is 1. The first-order chi connectivity index (χ1) is 16.8. The lowest BCUT2D eigenvalue weighted by molar-refractivity contribution is -0.129. The van der Waals surface area contributed by atoms with Crippen LogP contribution >= 0.6 is 54.8 Å². The van der Waals surface area contributed by atoms with Gasteiger partial charge >= 0.3 is 11.9 Å². The highest BCUT2D eigenvalue weighted by Crippen LogP contribution is 2.39. The number of carbonyl (C=O) groups excluding carboxylic acids is 2. The molecule has 174 valence electrons. The third-order valence-electron chi connectivity index (χ3n) is 5.16. The molecule has 1 aliphatic rings. The molecule has 0 unspecified atom stereocenters. The molecule has 5 nitrogen and oxygen atoms in total. The van der Waals surface area contributed by atoms with Crippen LogP contribution in [0.5, 0.6) is 5.75 Å². The molecule has 0 aliphatic carbocycles. The predicted octanol–water partition coefficient (Wildman–Crippen LogP) is 7.95. The van der Waals surface area contributed by atoms with Gasteiger partial charge in [-0.15, -0.1) is 11.3 Å². The van der Waals surface area contributed by atoms with Crippen molar-refractivity contribution in [1.29, 1.82) is 0 Å². The Morgan fingerprint density at radius 1 is 1.06 bits per heavy atom. The fourth-order valence-electron chi connectivity index (χ4n) is 3.40. The maximum absolute atomic E-state index is 12.7. The zero-order valence-corrected chi connectivity index (χ0v) is 22.7. The quantitative estimate of drug-likeness (QED) is 0.130. The van der Waals surface area contributed by atoms with Gasteiger partial charge in [0, 0.05) is 24.6 Å². The van der Waals surface area contributed by atoms with Crippen molar-refractivity contribution >= 4 is 88.8 Å². The Morgan fingerprint density at radius 2 is 1.77 bits per heavy atom. The van der Waals surface area contributed by atoms with E-state index in [0.29, 0.717) is 21.0 Å². The molecule has 1 aliphatic heterocycles. The summed E-state index contributed by atoms with van der Waals surface area (Å²) in [5.41, 5.74) is 2.02. The van der Waals surface area contributed by atoms with E-state index in [1.54, 1.807) is 30.3 Å². The Kier molecular flexibility index (Phi) is 6.63. The first-order valence-electron chi connectivity index (χ1n) is 10.3. The van der Waals surface area contributed by atoms with Crippen molar-refractivity contribution in [2.75, 3.05) is 0 Å². The number of benzene rings is 3. The van der Waals surface area contributed by atoms with E-state index in [9.17, 15) is 9.59 Å². The summed E-state index contributed by atoms with van der Waals surface area (Å²) in [7, 11) is 0. The Morgan fingerprint density at radius 3 is 2.54 bits per heavy atom. The summed E-state index contributed by atoms with van der Waals surface area (Å²) < 4.78 is 13.7. The summed E-state index contributed by atoms with van der Waals surface area (Å²) in [5.74, 6) is -0.705. The molecule has 0 fully saturated rings. The summed E-state index contributed by atoms with van der Waals surface area (Å²) in [6, 6.07) is 17.9. The highest BCUT2D eigenvalue weighted by molar-refractivity contribution is 9.10. The molecule has 0 saturated heterocycles. The second kappa shape index (κ2) is 9.70. The maximum atomic E-state index is 12.7. The van der Waals surface area contributed by atoms with E-state index in [1.165, 1.54) is 17.4 Å². The van der Waals surface area contributed by atoms with Crippen LogP contribution < -0.4 is 4.74 Å². The van der Waals surface area contributed by atoms with Crippen LogP contribution in [0.2, 0.25) is 5.02 Å². The van der Waals surface area contributed by atoms with Crippen molar-refractivity contribution in [3.63, 3.8) is 0 Å². The van der Waals surface area contributed by atoms with Gasteiger partial charge in [-0.1, -0.05) is 67.2 Å². The smallest absolute Gasteiger partial charge is 0.363 e. The number of cyclic esters (lactones) is 1. The minimum atomic E-state index is -0.620. The number of aliphatic imine (C=N–C) groups is 1. The summed E-state index contributed by atoms with van der Waals surface area (Å²) in [5, 5.41) is 1.32. The molecule has 0 radical (unpaired) electrons. The first kappa shape index (κ1) is 23.9. The average Bonchev–Trinajstić information content (AvgIpc) is 3.34. The fourth-order valence-corrected chi connectivity index (χ4v) is 5.77. The number of esters is 2. The number of rotatable bonds is 4. The van der Waals surface area contributed by atoms with Crippen molar-refractivity contribution in [1.82, 2.24) is 0 Å². The maximum Gasteiger partial charge on any atom is 0.363 e. The van der Waals surface area contributed by atoms with Gasteiger partial charge in [0.05, 0.1) is 10.6 Å². The van der Waals surface area contributed by atoms with Crippen LogP contribution in [0.4, 0.5) is 0 Å². The molecule has 0 amide bonds.